The van der Waals surface area contributed by atoms with Gasteiger partial charge in [0.2, 0.25) is 0 Å². The number of carbonyl (C=O) groups excluding carboxylic acids is 1. The van der Waals surface area contributed by atoms with E-state index in [1.165, 1.54) is 0 Å². The highest BCUT2D eigenvalue weighted by Crippen LogP contribution is 2.10. The zero-order valence-electron chi connectivity index (χ0n) is 9.39. The molecule has 0 unspecified atom stereocenters. The summed E-state index contributed by atoms with van der Waals surface area (Å²) in [5, 5.41) is 2.83. The molecule has 0 fully saturated rings. The number of nitrogens with one attached hydrogen (secondary N) is 1. The van der Waals surface area contributed by atoms with Gasteiger partial charge in [-0.15, -0.1) is 0 Å². The lowest BCUT2D eigenvalue weighted by Gasteiger charge is -2.05. The molecule has 2 aromatic rings. The van der Waals surface area contributed by atoms with E-state index < -0.39 is 0 Å². The molecular formula is C15H13NO. The van der Waals surface area contributed by atoms with Crippen LogP contribution in [0.2, 0.25) is 0 Å². The van der Waals surface area contributed by atoms with Crippen molar-refractivity contribution in [2.24, 2.45) is 0 Å². The molecule has 0 aliphatic heterocycles. The Balaban J connectivity index is 2.12. The summed E-state index contributed by atoms with van der Waals surface area (Å²) in [5.41, 5.74) is 2.44. The second-order valence-electron chi connectivity index (χ2n) is 3.65. The summed E-state index contributed by atoms with van der Waals surface area (Å²) in [4.78, 5) is 11.9. The van der Waals surface area contributed by atoms with Crippen LogP contribution in [-0.2, 0) is 0 Å². The first-order valence-corrected chi connectivity index (χ1v) is 5.38. The molecule has 1 N–H and O–H groups in total. The number of hydrogen-bond donors (Lipinski definition) is 1. The number of carbonyl (C=O) groups is 1. The first kappa shape index (κ1) is 11.1. The van der Waals surface area contributed by atoms with Crippen LogP contribution in [0.25, 0.3) is 6.08 Å². The predicted octanol–water partition coefficient (Wildman–Crippen LogP) is 3.58. The maximum Gasteiger partial charge on any atom is 0.255 e. The van der Waals surface area contributed by atoms with E-state index in [1.54, 1.807) is 18.2 Å². The molecule has 0 saturated carbocycles. The Morgan fingerprint density at radius 3 is 2.24 bits per heavy atom. The van der Waals surface area contributed by atoms with E-state index in [0.717, 1.165) is 11.3 Å². The number of hydrogen-bond acceptors (Lipinski definition) is 1. The zero-order chi connectivity index (χ0) is 12.1. The molecule has 1 amide bonds. The molecule has 0 aliphatic rings. The van der Waals surface area contributed by atoms with Gasteiger partial charge in [-0.1, -0.05) is 43.0 Å². The van der Waals surface area contributed by atoms with Crippen LogP contribution in [0.3, 0.4) is 0 Å². The molecular weight excluding hydrogens is 210 g/mol. The normalized spacial score (nSPS) is 9.65. The van der Waals surface area contributed by atoms with Gasteiger partial charge in [-0.25, -0.2) is 0 Å². The monoisotopic (exact) mass is 223 g/mol. The fourth-order valence-corrected chi connectivity index (χ4v) is 1.50. The van der Waals surface area contributed by atoms with Gasteiger partial charge >= 0.3 is 0 Å². The third-order valence-electron chi connectivity index (χ3n) is 2.44. The number of rotatable bonds is 3. The summed E-state index contributed by atoms with van der Waals surface area (Å²) in [6.07, 6.45) is 1.75. The van der Waals surface area contributed by atoms with Gasteiger partial charge < -0.3 is 5.32 Å². The van der Waals surface area contributed by atoms with Crippen LogP contribution in [0.1, 0.15) is 15.9 Å². The third kappa shape index (κ3) is 2.82. The predicted molar refractivity (Wildman–Crippen MR) is 70.9 cm³/mol. The molecule has 84 valence electrons. The van der Waals surface area contributed by atoms with E-state index in [2.05, 4.69) is 11.9 Å². The summed E-state index contributed by atoms with van der Waals surface area (Å²) in [7, 11) is 0. The Kier molecular flexibility index (Phi) is 3.36. The summed E-state index contributed by atoms with van der Waals surface area (Å²) >= 11 is 0. The van der Waals surface area contributed by atoms with Gasteiger partial charge in [-0.05, 0) is 29.8 Å². The molecule has 0 saturated heterocycles. The zero-order valence-corrected chi connectivity index (χ0v) is 9.39. The summed E-state index contributed by atoms with van der Waals surface area (Å²) in [5.74, 6) is -0.105. The smallest absolute Gasteiger partial charge is 0.255 e. The van der Waals surface area contributed by atoms with Crippen molar-refractivity contribution in [2.75, 3.05) is 5.32 Å². The van der Waals surface area contributed by atoms with Crippen LogP contribution in [0.4, 0.5) is 5.69 Å². The highest BCUT2D eigenvalue weighted by atomic mass is 16.1. The van der Waals surface area contributed by atoms with E-state index >= 15 is 0 Å². The molecule has 0 heterocycles. The van der Waals surface area contributed by atoms with Gasteiger partial charge in [0.1, 0.15) is 0 Å². The first-order chi connectivity index (χ1) is 8.29. The fraction of sp³-hybridized carbons (Fsp3) is 0. The van der Waals surface area contributed by atoms with Gasteiger partial charge in [0.05, 0.1) is 0 Å². The van der Waals surface area contributed by atoms with Gasteiger partial charge in [0.15, 0.2) is 0 Å². The Bertz CT molecular complexity index is 514. The van der Waals surface area contributed by atoms with Crippen molar-refractivity contribution in [3.8, 4) is 0 Å². The van der Waals surface area contributed by atoms with Crippen molar-refractivity contribution >= 4 is 17.7 Å². The van der Waals surface area contributed by atoms with Crippen molar-refractivity contribution in [3.63, 3.8) is 0 Å². The lowest BCUT2D eigenvalue weighted by atomic mass is 10.1. The van der Waals surface area contributed by atoms with E-state index in [-0.39, 0.29) is 5.91 Å². The summed E-state index contributed by atoms with van der Waals surface area (Å²) < 4.78 is 0. The average Bonchev–Trinajstić information content (AvgIpc) is 2.40. The topological polar surface area (TPSA) is 29.1 Å². The van der Waals surface area contributed by atoms with Crippen molar-refractivity contribution < 1.29 is 4.79 Å². The van der Waals surface area contributed by atoms with E-state index in [1.807, 2.05) is 42.5 Å². The molecule has 17 heavy (non-hydrogen) atoms. The van der Waals surface area contributed by atoms with Crippen molar-refractivity contribution in [1.29, 1.82) is 0 Å². The summed E-state index contributed by atoms with van der Waals surface area (Å²) in [6, 6.07) is 16.7. The SMILES string of the molecule is C=Cc1ccc(C(=O)Nc2ccccc2)cc1. The number of amides is 1. The molecule has 0 aromatic heterocycles. The minimum atomic E-state index is -0.105. The highest BCUT2D eigenvalue weighted by molar-refractivity contribution is 6.04. The van der Waals surface area contributed by atoms with Crippen molar-refractivity contribution in [1.82, 2.24) is 0 Å². The molecule has 0 aliphatic carbocycles. The highest BCUT2D eigenvalue weighted by Gasteiger charge is 2.04. The van der Waals surface area contributed by atoms with Crippen LogP contribution in [0, 0.1) is 0 Å². The molecule has 0 spiro atoms. The fourth-order valence-electron chi connectivity index (χ4n) is 1.50. The maximum absolute atomic E-state index is 11.9. The van der Waals surface area contributed by atoms with E-state index in [9.17, 15) is 4.79 Å². The Hall–Kier alpha value is -2.35. The Morgan fingerprint density at radius 2 is 1.65 bits per heavy atom. The quantitative estimate of drug-likeness (QED) is 0.846. The molecule has 2 aromatic carbocycles. The van der Waals surface area contributed by atoms with Crippen molar-refractivity contribution in [2.45, 2.75) is 0 Å². The third-order valence-corrected chi connectivity index (χ3v) is 2.44. The lowest BCUT2D eigenvalue weighted by molar-refractivity contribution is 0.102. The minimum absolute atomic E-state index is 0.105. The standard InChI is InChI=1S/C15H13NO/c1-2-12-8-10-13(11-9-12)15(17)16-14-6-4-3-5-7-14/h2-11H,1H2,(H,16,17). The molecule has 0 atom stereocenters. The van der Waals surface area contributed by atoms with Crippen LogP contribution in [0.5, 0.6) is 0 Å². The number of benzene rings is 2. The molecule has 2 heteroatoms. The molecule has 0 radical (unpaired) electrons. The summed E-state index contributed by atoms with van der Waals surface area (Å²) in [6.45, 7) is 3.67. The Labute approximate surface area is 101 Å². The van der Waals surface area contributed by atoms with E-state index in [4.69, 9.17) is 0 Å². The van der Waals surface area contributed by atoms with Gasteiger partial charge in [-0.3, -0.25) is 4.79 Å². The van der Waals surface area contributed by atoms with Crippen LogP contribution >= 0.6 is 0 Å². The lowest BCUT2D eigenvalue weighted by Crippen LogP contribution is -2.11. The molecule has 2 rings (SSSR count). The second-order valence-corrected chi connectivity index (χ2v) is 3.65. The maximum atomic E-state index is 11.9. The van der Waals surface area contributed by atoms with Crippen LogP contribution < -0.4 is 5.32 Å². The molecule has 0 bridgehead atoms. The van der Waals surface area contributed by atoms with Gasteiger partial charge in [0, 0.05) is 11.3 Å². The van der Waals surface area contributed by atoms with Crippen LogP contribution in [-0.4, -0.2) is 5.91 Å². The second kappa shape index (κ2) is 5.12. The minimum Gasteiger partial charge on any atom is -0.322 e. The Morgan fingerprint density at radius 1 is 1.00 bits per heavy atom. The van der Waals surface area contributed by atoms with E-state index in [0.29, 0.717) is 5.56 Å². The first-order valence-electron chi connectivity index (χ1n) is 5.38. The van der Waals surface area contributed by atoms with Crippen molar-refractivity contribution in [3.05, 3.63) is 72.3 Å². The molecule has 2 nitrogen and oxygen atoms in total. The average molecular weight is 223 g/mol. The van der Waals surface area contributed by atoms with Crippen LogP contribution in [0.15, 0.2) is 61.2 Å². The van der Waals surface area contributed by atoms with Gasteiger partial charge in [0.25, 0.3) is 5.91 Å². The number of anilines is 1. The number of para-hydroxylation sites is 1. The largest absolute Gasteiger partial charge is 0.322 e. The van der Waals surface area contributed by atoms with Gasteiger partial charge in [-0.2, -0.15) is 0 Å².